The fraction of sp³-hybridized carbons (Fsp3) is 0.920. The Bertz CT molecular complexity index is 630. The minimum Gasteiger partial charge on any atom is -0.389 e. The van der Waals surface area contributed by atoms with Crippen molar-refractivity contribution < 1.29 is 9.84 Å². The molecule has 5 aliphatic rings. The predicted octanol–water partition coefficient (Wildman–Crippen LogP) is 5.45. The third-order valence-electron chi connectivity index (χ3n) is 11.3. The summed E-state index contributed by atoms with van der Waals surface area (Å²) in [5.41, 5.74) is 1.44. The molecule has 152 valence electrons. The van der Waals surface area contributed by atoms with Crippen LogP contribution in [0.3, 0.4) is 0 Å². The number of fused-ring (bicyclic) bond motifs is 4. The Morgan fingerprint density at radius 1 is 1.11 bits per heavy atom. The fourth-order valence-corrected chi connectivity index (χ4v) is 9.94. The van der Waals surface area contributed by atoms with Gasteiger partial charge in [0.2, 0.25) is 0 Å². The van der Waals surface area contributed by atoms with Crippen molar-refractivity contribution in [1.29, 1.82) is 0 Å². The first kappa shape index (κ1) is 18.7. The van der Waals surface area contributed by atoms with Crippen molar-refractivity contribution in [2.24, 2.45) is 51.8 Å². The molecule has 2 heteroatoms. The van der Waals surface area contributed by atoms with Crippen LogP contribution in [0, 0.1) is 51.8 Å². The topological polar surface area (TPSA) is 29.5 Å². The molecule has 0 aromatic rings. The second-order valence-electron chi connectivity index (χ2n) is 11.5. The molecule has 5 rings (SSSR count). The van der Waals surface area contributed by atoms with Crippen LogP contribution in [0.25, 0.3) is 0 Å². The molecule has 0 saturated heterocycles. The summed E-state index contributed by atoms with van der Waals surface area (Å²) in [6.45, 7) is 11.3. The second-order valence-corrected chi connectivity index (χ2v) is 11.5. The third-order valence-corrected chi connectivity index (χ3v) is 11.3. The van der Waals surface area contributed by atoms with E-state index in [0.717, 1.165) is 23.7 Å². The lowest BCUT2D eigenvalue weighted by Crippen LogP contribution is -2.57. The molecule has 2 nitrogen and oxygen atoms in total. The van der Waals surface area contributed by atoms with Crippen LogP contribution >= 0.6 is 0 Å². The summed E-state index contributed by atoms with van der Waals surface area (Å²) in [4.78, 5) is 0. The predicted molar refractivity (Wildman–Crippen MR) is 109 cm³/mol. The zero-order valence-corrected chi connectivity index (χ0v) is 17.9. The van der Waals surface area contributed by atoms with Crippen molar-refractivity contribution in [3.8, 4) is 0 Å². The van der Waals surface area contributed by atoms with Gasteiger partial charge in [-0.05, 0) is 97.7 Å². The molecule has 5 aliphatic carbocycles. The Morgan fingerprint density at radius 2 is 1.89 bits per heavy atom. The van der Waals surface area contributed by atoms with E-state index in [1.807, 2.05) is 7.11 Å². The molecule has 1 N–H and O–H groups in total. The first-order valence-corrected chi connectivity index (χ1v) is 11.7. The normalized spacial score (nSPS) is 57.8. The van der Waals surface area contributed by atoms with Gasteiger partial charge in [0.05, 0.1) is 12.2 Å². The lowest BCUT2D eigenvalue weighted by molar-refractivity contribution is -0.162. The molecule has 0 aromatic heterocycles. The summed E-state index contributed by atoms with van der Waals surface area (Å²) in [7, 11) is 1.98. The van der Waals surface area contributed by atoms with Crippen molar-refractivity contribution in [3.63, 3.8) is 0 Å². The molecule has 0 aliphatic heterocycles. The highest BCUT2D eigenvalue weighted by Gasteiger charge is 2.77. The largest absolute Gasteiger partial charge is 0.389 e. The van der Waals surface area contributed by atoms with E-state index in [1.165, 1.54) is 51.4 Å². The van der Waals surface area contributed by atoms with Crippen LogP contribution in [-0.2, 0) is 4.74 Å². The van der Waals surface area contributed by atoms with E-state index in [2.05, 4.69) is 27.4 Å². The standard InChI is InChI=1S/C25H40O2/c1-6-21(26)15(2)18-7-8-19-17-13-22(27-5)25-14-16(25)9-12-24(25,4)20(17)10-11-23(18,19)3/h6,15-22,26H,1,7-14H2,2-5H3/t15-,16+,17-,18+,19-,20-,21?,22?,23+,24+,25-/m0/s1. The Hall–Kier alpha value is -0.340. The number of hydrogen-bond acceptors (Lipinski definition) is 2. The van der Waals surface area contributed by atoms with Crippen molar-refractivity contribution in [2.75, 3.05) is 7.11 Å². The van der Waals surface area contributed by atoms with Gasteiger partial charge >= 0.3 is 0 Å². The highest BCUT2D eigenvalue weighted by Crippen LogP contribution is 2.82. The number of ether oxygens (including phenoxy) is 1. The minimum atomic E-state index is -0.357. The van der Waals surface area contributed by atoms with Crippen LogP contribution in [0.15, 0.2) is 12.7 Å². The lowest BCUT2D eigenvalue weighted by atomic mass is 9.45. The van der Waals surface area contributed by atoms with Crippen LogP contribution in [0.4, 0.5) is 0 Å². The van der Waals surface area contributed by atoms with Crippen molar-refractivity contribution >= 4 is 0 Å². The molecular formula is C25H40O2. The van der Waals surface area contributed by atoms with Gasteiger partial charge in [0.15, 0.2) is 0 Å². The number of hydrogen-bond donors (Lipinski definition) is 1. The summed E-state index contributed by atoms with van der Waals surface area (Å²) in [6.07, 6.45) is 13.0. The van der Waals surface area contributed by atoms with Crippen LogP contribution in [0.2, 0.25) is 0 Å². The van der Waals surface area contributed by atoms with Gasteiger partial charge < -0.3 is 9.84 Å². The Kier molecular flexibility index (Phi) is 4.04. The second kappa shape index (κ2) is 5.85. The van der Waals surface area contributed by atoms with Gasteiger partial charge in [-0.25, -0.2) is 0 Å². The molecule has 5 fully saturated rings. The zero-order valence-electron chi connectivity index (χ0n) is 17.9. The van der Waals surface area contributed by atoms with E-state index in [4.69, 9.17) is 4.74 Å². The SMILES string of the molecule is C=CC(O)[C@@H](C)[C@H]1CC[C@H]2[C@@H]3CC(OC)[C@]45C[C@H]4CC[C@]5(C)[C@H]3CC[C@]12C. The molecule has 0 heterocycles. The van der Waals surface area contributed by atoms with Gasteiger partial charge in [0.25, 0.3) is 0 Å². The molecule has 0 bridgehead atoms. The van der Waals surface area contributed by atoms with Gasteiger partial charge in [-0.2, -0.15) is 0 Å². The average molecular weight is 373 g/mol. The monoisotopic (exact) mass is 372 g/mol. The van der Waals surface area contributed by atoms with Gasteiger partial charge in [-0.15, -0.1) is 6.58 Å². The van der Waals surface area contributed by atoms with E-state index in [0.29, 0.717) is 34.2 Å². The smallest absolute Gasteiger partial charge is 0.0746 e. The van der Waals surface area contributed by atoms with Crippen LogP contribution < -0.4 is 0 Å². The molecule has 1 spiro atoms. The van der Waals surface area contributed by atoms with E-state index in [9.17, 15) is 5.11 Å². The summed E-state index contributed by atoms with van der Waals surface area (Å²) < 4.78 is 6.22. The molecule has 0 aromatic carbocycles. The number of aliphatic hydroxyl groups excluding tert-OH is 1. The fourth-order valence-electron chi connectivity index (χ4n) is 9.94. The van der Waals surface area contributed by atoms with Crippen LogP contribution in [-0.4, -0.2) is 24.4 Å². The third kappa shape index (κ3) is 2.10. The quantitative estimate of drug-likeness (QED) is 0.665. The highest BCUT2D eigenvalue weighted by molar-refractivity contribution is 5.26. The van der Waals surface area contributed by atoms with Crippen LogP contribution in [0.5, 0.6) is 0 Å². The average Bonchev–Trinajstić information content (AvgIpc) is 3.17. The molecule has 27 heavy (non-hydrogen) atoms. The molecule has 5 saturated carbocycles. The summed E-state index contributed by atoms with van der Waals surface area (Å²) in [5.74, 6) is 4.50. The van der Waals surface area contributed by atoms with E-state index < -0.39 is 0 Å². The van der Waals surface area contributed by atoms with E-state index >= 15 is 0 Å². The zero-order chi connectivity index (χ0) is 19.2. The first-order chi connectivity index (χ1) is 12.8. The maximum Gasteiger partial charge on any atom is 0.0746 e. The number of methoxy groups -OCH3 is 1. The summed E-state index contributed by atoms with van der Waals surface area (Å²) >= 11 is 0. The maximum absolute atomic E-state index is 10.5. The molecule has 2 unspecified atom stereocenters. The van der Waals surface area contributed by atoms with Gasteiger partial charge in [0, 0.05) is 12.5 Å². The minimum absolute atomic E-state index is 0.331. The molecular weight excluding hydrogens is 332 g/mol. The number of aliphatic hydroxyl groups is 1. The molecule has 11 atom stereocenters. The Morgan fingerprint density at radius 3 is 2.56 bits per heavy atom. The lowest BCUT2D eigenvalue weighted by Gasteiger charge is -2.61. The van der Waals surface area contributed by atoms with Gasteiger partial charge in [0.1, 0.15) is 0 Å². The Labute approximate surface area is 166 Å². The summed E-state index contributed by atoms with van der Waals surface area (Å²) in [6, 6.07) is 0. The van der Waals surface area contributed by atoms with Crippen molar-refractivity contribution in [1.82, 2.24) is 0 Å². The molecule has 0 amide bonds. The van der Waals surface area contributed by atoms with Crippen LogP contribution in [0.1, 0.15) is 72.1 Å². The number of rotatable bonds is 4. The molecule has 0 radical (unpaired) electrons. The summed E-state index contributed by atoms with van der Waals surface area (Å²) in [5, 5.41) is 10.5. The van der Waals surface area contributed by atoms with Gasteiger partial charge in [-0.3, -0.25) is 0 Å². The van der Waals surface area contributed by atoms with Crippen molar-refractivity contribution in [3.05, 3.63) is 12.7 Å². The van der Waals surface area contributed by atoms with E-state index in [-0.39, 0.29) is 6.10 Å². The van der Waals surface area contributed by atoms with Crippen molar-refractivity contribution in [2.45, 2.75) is 84.3 Å². The maximum atomic E-state index is 10.5. The Balaban J connectivity index is 1.46. The highest BCUT2D eigenvalue weighted by atomic mass is 16.5. The van der Waals surface area contributed by atoms with E-state index in [1.54, 1.807) is 6.08 Å². The first-order valence-electron chi connectivity index (χ1n) is 11.7. The van der Waals surface area contributed by atoms with Gasteiger partial charge in [-0.1, -0.05) is 26.8 Å².